The zero-order valence-corrected chi connectivity index (χ0v) is 17.1. The van der Waals surface area contributed by atoms with Crippen molar-refractivity contribution in [1.29, 1.82) is 0 Å². The molecule has 0 spiro atoms. The van der Waals surface area contributed by atoms with Crippen LogP contribution in [0.15, 0.2) is 54.6 Å². The van der Waals surface area contributed by atoms with Crippen molar-refractivity contribution in [3.05, 3.63) is 54.6 Å². The molecule has 0 fully saturated rings. The fourth-order valence-corrected chi connectivity index (χ4v) is 4.24. The SMILES string of the molecule is CCCCN(C)CCOc1c2[nH]c3ccccc3c2cc2c1[nH]c1ccccc12. The molecule has 0 unspecified atom stereocenters. The summed E-state index contributed by atoms with van der Waals surface area (Å²) in [6.45, 7) is 4.92. The molecule has 0 radical (unpaired) electrons. The number of fused-ring (bicyclic) bond motifs is 6. The summed E-state index contributed by atoms with van der Waals surface area (Å²) in [6.07, 6.45) is 2.44. The van der Waals surface area contributed by atoms with Crippen LogP contribution >= 0.6 is 0 Å². The van der Waals surface area contributed by atoms with Crippen molar-refractivity contribution >= 4 is 43.6 Å². The van der Waals surface area contributed by atoms with E-state index in [1.54, 1.807) is 0 Å². The van der Waals surface area contributed by atoms with Gasteiger partial charge in [0.05, 0.1) is 11.0 Å². The number of nitrogens with zero attached hydrogens (tertiary/aromatic N) is 1. The summed E-state index contributed by atoms with van der Waals surface area (Å²) in [6, 6.07) is 19.2. The topological polar surface area (TPSA) is 44.0 Å². The van der Waals surface area contributed by atoms with Crippen molar-refractivity contribution in [2.45, 2.75) is 19.8 Å². The van der Waals surface area contributed by atoms with E-state index in [0.29, 0.717) is 6.61 Å². The van der Waals surface area contributed by atoms with Gasteiger partial charge in [-0.1, -0.05) is 49.7 Å². The molecule has 2 heterocycles. The number of nitrogens with one attached hydrogen (secondary N) is 2. The number of aromatic nitrogens is 2. The number of H-pyrrole nitrogens is 2. The van der Waals surface area contributed by atoms with Gasteiger partial charge in [-0.3, -0.25) is 0 Å². The van der Waals surface area contributed by atoms with Crippen LogP contribution in [0.3, 0.4) is 0 Å². The smallest absolute Gasteiger partial charge is 0.167 e. The van der Waals surface area contributed by atoms with Crippen molar-refractivity contribution in [3.63, 3.8) is 0 Å². The first-order chi connectivity index (χ1) is 14.3. The van der Waals surface area contributed by atoms with Crippen molar-refractivity contribution in [2.75, 3.05) is 26.7 Å². The number of hydrogen-bond acceptors (Lipinski definition) is 2. The van der Waals surface area contributed by atoms with Crippen LogP contribution in [-0.2, 0) is 0 Å². The van der Waals surface area contributed by atoms with E-state index in [2.05, 4.69) is 83.4 Å². The largest absolute Gasteiger partial charge is 0.488 e. The fraction of sp³-hybridized carbons (Fsp3) is 0.280. The number of aromatic amines is 2. The van der Waals surface area contributed by atoms with Crippen molar-refractivity contribution in [1.82, 2.24) is 14.9 Å². The second-order valence-electron chi connectivity index (χ2n) is 7.90. The lowest BCUT2D eigenvalue weighted by atomic mass is 10.1. The number of likely N-dealkylation sites (N-methyl/N-ethyl adjacent to an activating group) is 1. The third kappa shape index (κ3) is 3.14. The Labute approximate surface area is 170 Å². The van der Waals surface area contributed by atoms with Gasteiger partial charge in [0.25, 0.3) is 0 Å². The van der Waals surface area contributed by atoms with Gasteiger partial charge in [0.15, 0.2) is 5.75 Å². The Morgan fingerprint density at radius 2 is 1.38 bits per heavy atom. The van der Waals surface area contributed by atoms with Gasteiger partial charge >= 0.3 is 0 Å². The molecule has 3 aromatic carbocycles. The van der Waals surface area contributed by atoms with Crippen molar-refractivity contribution in [3.8, 4) is 5.75 Å². The molecule has 2 aromatic heterocycles. The molecule has 2 N–H and O–H groups in total. The summed E-state index contributed by atoms with van der Waals surface area (Å²) in [5.41, 5.74) is 4.43. The number of benzene rings is 3. The normalized spacial score (nSPS) is 12.1. The molecule has 0 bridgehead atoms. The highest BCUT2D eigenvalue weighted by Gasteiger charge is 2.17. The molecule has 0 aliphatic heterocycles. The molecule has 0 aliphatic rings. The quantitative estimate of drug-likeness (QED) is 0.357. The third-order valence-corrected chi connectivity index (χ3v) is 5.85. The first kappa shape index (κ1) is 18.1. The number of rotatable bonds is 7. The summed E-state index contributed by atoms with van der Waals surface area (Å²) in [5, 5.41) is 4.90. The second-order valence-corrected chi connectivity index (χ2v) is 7.90. The zero-order valence-electron chi connectivity index (χ0n) is 17.1. The summed E-state index contributed by atoms with van der Waals surface area (Å²) < 4.78 is 6.44. The minimum atomic E-state index is 0.666. The van der Waals surface area contributed by atoms with Crippen LogP contribution in [-0.4, -0.2) is 41.6 Å². The Bertz CT molecular complexity index is 1210. The summed E-state index contributed by atoms with van der Waals surface area (Å²) in [5.74, 6) is 0.925. The van der Waals surface area contributed by atoms with Gasteiger partial charge in [-0.25, -0.2) is 0 Å². The Hall–Kier alpha value is -2.98. The zero-order chi connectivity index (χ0) is 19.8. The molecule has 0 saturated heterocycles. The predicted octanol–water partition coefficient (Wildman–Crippen LogP) is 6.07. The van der Waals surface area contributed by atoms with E-state index in [1.165, 1.54) is 34.4 Å². The number of unbranched alkanes of at least 4 members (excludes halogenated alkanes) is 1. The first-order valence-electron chi connectivity index (χ1n) is 10.5. The van der Waals surface area contributed by atoms with Crippen LogP contribution in [0.2, 0.25) is 0 Å². The Kier molecular flexibility index (Phi) is 4.64. The molecule has 0 atom stereocenters. The highest BCUT2D eigenvalue weighted by molar-refractivity contribution is 6.20. The van der Waals surface area contributed by atoms with Crippen LogP contribution in [0.5, 0.6) is 5.75 Å². The monoisotopic (exact) mass is 385 g/mol. The lowest BCUT2D eigenvalue weighted by Crippen LogP contribution is -2.25. The molecule has 4 nitrogen and oxygen atoms in total. The maximum Gasteiger partial charge on any atom is 0.167 e. The van der Waals surface area contributed by atoms with Gasteiger partial charge < -0.3 is 19.6 Å². The van der Waals surface area contributed by atoms with Crippen LogP contribution < -0.4 is 4.74 Å². The first-order valence-corrected chi connectivity index (χ1v) is 10.5. The van der Waals surface area contributed by atoms with Gasteiger partial charge in [-0.15, -0.1) is 0 Å². The van der Waals surface area contributed by atoms with Gasteiger partial charge in [-0.05, 0) is 38.2 Å². The molecular weight excluding hydrogens is 358 g/mol. The van der Waals surface area contributed by atoms with Gasteiger partial charge in [-0.2, -0.15) is 0 Å². The second kappa shape index (κ2) is 7.45. The fourth-order valence-electron chi connectivity index (χ4n) is 4.24. The maximum absolute atomic E-state index is 6.44. The lowest BCUT2D eigenvalue weighted by Gasteiger charge is -2.17. The van der Waals surface area contributed by atoms with E-state index >= 15 is 0 Å². The number of para-hydroxylation sites is 2. The third-order valence-electron chi connectivity index (χ3n) is 5.85. The van der Waals surface area contributed by atoms with Crippen LogP contribution in [0.25, 0.3) is 43.6 Å². The van der Waals surface area contributed by atoms with E-state index < -0.39 is 0 Å². The molecule has 0 amide bonds. The van der Waals surface area contributed by atoms with Crippen molar-refractivity contribution in [2.24, 2.45) is 0 Å². The summed E-state index contributed by atoms with van der Waals surface area (Å²) in [7, 11) is 2.17. The Balaban J connectivity index is 1.64. The predicted molar refractivity (Wildman–Crippen MR) is 123 cm³/mol. The Morgan fingerprint density at radius 3 is 1.97 bits per heavy atom. The summed E-state index contributed by atoms with van der Waals surface area (Å²) in [4.78, 5) is 9.54. The minimum Gasteiger partial charge on any atom is -0.488 e. The molecule has 5 aromatic rings. The molecular formula is C25H27N3O. The van der Waals surface area contributed by atoms with Crippen LogP contribution in [0.4, 0.5) is 0 Å². The standard InChI is InChI=1S/C25H27N3O/c1-3-4-13-28(2)14-15-29-25-23-19(17-9-5-7-11-21(17)26-23)16-20-18-10-6-8-12-22(18)27-24(20)25/h5-12,16,26-27H,3-4,13-15H2,1-2H3. The molecule has 29 heavy (non-hydrogen) atoms. The maximum atomic E-state index is 6.44. The molecule has 0 saturated carbocycles. The number of ether oxygens (including phenoxy) is 1. The van der Waals surface area contributed by atoms with E-state index in [4.69, 9.17) is 4.74 Å². The van der Waals surface area contributed by atoms with E-state index in [9.17, 15) is 0 Å². The molecule has 4 heteroatoms. The molecule has 0 aliphatic carbocycles. The van der Waals surface area contributed by atoms with E-state index in [1.807, 2.05) is 0 Å². The minimum absolute atomic E-state index is 0.666. The van der Waals surface area contributed by atoms with E-state index in [0.717, 1.165) is 40.9 Å². The lowest BCUT2D eigenvalue weighted by molar-refractivity contribution is 0.238. The van der Waals surface area contributed by atoms with Gasteiger partial charge in [0.1, 0.15) is 6.61 Å². The van der Waals surface area contributed by atoms with Crippen molar-refractivity contribution < 1.29 is 4.74 Å². The van der Waals surface area contributed by atoms with Crippen LogP contribution in [0.1, 0.15) is 19.8 Å². The van der Waals surface area contributed by atoms with E-state index in [-0.39, 0.29) is 0 Å². The number of hydrogen-bond donors (Lipinski definition) is 2. The van der Waals surface area contributed by atoms with Gasteiger partial charge in [0, 0.05) is 39.1 Å². The highest BCUT2D eigenvalue weighted by Crippen LogP contribution is 2.40. The van der Waals surface area contributed by atoms with Gasteiger partial charge in [0.2, 0.25) is 0 Å². The average molecular weight is 386 g/mol. The molecule has 5 rings (SSSR count). The molecule has 148 valence electrons. The summed E-state index contributed by atoms with van der Waals surface area (Å²) >= 11 is 0. The van der Waals surface area contributed by atoms with Crippen LogP contribution in [0, 0.1) is 0 Å². The highest BCUT2D eigenvalue weighted by atomic mass is 16.5. The average Bonchev–Trinajstić information content (AvgIpc) is 3.30. The Morgan fingerprint density at radius 1 is 0.793 bits per heavy atom.